The lowest BCUT2D eigenvalue weighted by molar-refractivity contribution is -0.113. The van der Waals surface area contributed by atoms with Crippen molar-refractivity contribution in [2.24, 2.45) is 11.1 Å². The van der Waals surface area contributed by atoms with E-state index in [4.69, 9.17) is 10.8 Å². The number of allylic oxidation sites excluding steroid dienone is 1. The van der Waals surface area contributed by atoms with Crippen molar-refractivity contribution < 1.29 is 9.90 Å². The maximum atomic E-state index is 10.2. The molecule has 0 heterocycles. The molecule has 3 heteroatoms. The fraction of sp³-hybridized carbons (Fsp3) is 0.571. The molecule has 3 nitrogen and oxygen atoms in total. The van der Waals surface area contributed by atoms with Crippen molar-refractivity contribution in [3.63, 3.8) is 0 Å². The first kappa shape index (κ1) is 9.01. The Kier molecular flexibility index (Phi) is 2.46. The maximum Gasteiger partial charge on any atom is 0.244 e. The van der Waals surface area contributed by atoms with Crippen LogP contribution in [0.25, 0.3) is 0 Å². The number of hydrogen-bond donors (Lipinski definition) is 2. The summed E-state index contributed by atoms with van der Waals surface area (Å²) in [7, 11) is 0. The molecule has 0 spiro atoms. The lowest BCUT2D eigenvalue weighted by Crippen LogP contribution is -2.14. The zero-order valence-electron chi connectivity index (χ0n) is 6.51. The van der Waals surface area contributed by atoms with E-state index in [-0.39, 0.29) is 5.76 Å². The highest BCUT2D eigenvalue weighted by Gasteiger charge is 2.15. The summed E-state index contributed by atoms with van der Waals surface area (Å²) in [6.07, 6.45) is 1.03. The van der Waals surface area contributed by atoms with E-state index < -0.39 is 11.3 Å². The van der Waals surface area contributed by atoms with Crippen LogP contribution >= 0.6 is 0 Å². The number of carbonyl (C=O) groups excluding carboxylic acids is 1. The van der Waals surface area contributed by atoms with Crippen molar-refractivity contribution in [1.29, 1.82) is 0 Å². The minimum atomic E-state index is -0.618. The molecule has 0 radical (unpaired) electrons. The predicted molar refractivity (Wildman–Crippen MR) is 39.4 cm³/mol. The van der Waals surface area contributed by atoms with Crippen molar-refractivity contribution in [2.45, 2.75) is 20.8 Å². The Morgan fingerprint density at radius 3 is 2.00 bits per heavy atom. The number of amides is 1. The molecule has 0 rings (SSSR count). The SMILES string of the molecule is CC(C)(C)/C(O)=C/C(N)=O. The van der Waals surface area contributed by atoms with E-state index >= 15 is 0 Å². The normalized spacial score (nSPS) is 13.3. The highest BCUT2D eigenvalue weighted by molar-refractivity contribution is 5.86. The number of nitrogens with two attached hydrogens (primary N) is 1. The second-order valence-electron chi connectivity index (χ2n) is 3.18. The summed E-state index contributed by atoms with van der Waals surface area (Å²) in [5.74, 6) is -0.604. The number of primary amides is 1. The van der Waals surface area contributed by atoms with Crippen molar-refractivity contribution in [3.05, 3.63) is 11.8 Å². The zero-order valence-corrected chi connectivity index (χ0v) is 6.51. The largest absolute Gasteiger partial charge is 0.512 e. The zero-order chi connectivity index (χ0) is 8.36. The summed E-state index contributed by atoms with van der Waals surface area (Å²) in [4.78, 5) is 10.2. The molecule has 0 aromatic carbocycles. The van der Waals surface area contributed by atoms with Gasteiger partial charge in [-0.05, 0) is 0 Å². The minimum Gasteiger partial charge on any atom is -0.512 e. The van der Waals surface area contributed by atoms with E-state index in [1.54, 1.807) is 20.8 Å². The lowest BCUT2D eigenvalue weighted by Gasteiger charge is -2.16. The van der Waals surface area contributed by atoms with Gasteiger partial charge in [0.25, 0.3) is 0 Å². The van der Waals surface area contributed by atoms with Crippen LogP contribution in [0.1, 0.15) is 20.8 Å². The summed E-state index contributed by atoms with van der Waals surface area (Å²) in [5.41, 5.74) is 4.42. The van der Waals surface area contributed by atoms with Crippen molar-refractivity contribution in [1.82, 2.24) is 0 Å². The van der Waals surface area contributed by atoms with Crippen molar-refractivity contribution in [2.75, 3.05) is 0 Å². The highest BCUT2D eigenvalue weighted by Crippen LogP contribution is 2.21. The Hall–Kier alpha value is -0.990. The third kappa shape index (κ3) is 3.12. The van der Waals surface area contributed by atoms with Gasteiger partial charge in [0.15, 0.2) is 0 Å². The summed E-state index contributed by atoms with van der Waals surface area (Å²) < 4.78 is 0. The molecule has 0 aromatic rings. The fourth-order valence-corrected chi connectivity index (χ4v) is 0.351. The average Bonchev–Trinajstić information content (AvgIpc) is 1.60. The Morgan fingerprint density at radius 2 is 1.90 bits per heavy atom. The third-order valence-corrected chi connectivity index (χ3v) is 1.05. The molecule has 3 N–H and O–H groups in total. The van der Waals surface area contributed by atoms with Gasteiger partial charge in [-0.15, -0.1) is 0 Å². The van der Waals surface area contributed by atoms with Crippen LogP contribution in [0.4, 0.5) is 0 Å². The van der Waals surface area contributed by atoms with E-state index in [1.165, 1.54) is 0 Å². The van der Waals surface area contributed by atoms with Crippen molar-refractivity contribution >= 4 is 5.91 Å². The highest BCUT2D eigenvalue weighted by atomic mass is 16.3. The molecule has 0 aliphatic heterocycles. The molecule has 0 fully saturated rings. The third-order valence-electron chi connectivity index (χ3n) is 1.05. The van der Waals surface area contributed by atoms with Crippen LogP contribution < -0.4 is 5.73 Å². The van der Waals surface area contributed by atoms with Crippen molar-refractivity contribution in [3.8, 4) is 0 Å². The first-order valence-corrected chi connectivity index (χ1v) is 3.04. The summed E-state index contributed by atoms with van der Waals surface area (Å²) in [6.45, 7) is 5.38. The van der Waals surface area contributed by atoms with Crippen LogP contribution in [-0.4, -0.2) is 11.0 Å². The van der Waals surface area contributed by atoms with E-state index in [0.717, 1.165) is 6.08 Å². The Morgan fingerprint density at radius 1 is 1.50 bits per heavy atom. The first-order valence-electron chi connectivity index (χ1n) is 3.04. The minimum absolute atomic E-state index is 0.0139. The quantitative estimate of drug-likeness (QED) is 0.424. The Labute approximate surface area is 60.5 Å². The molecule has 58 valence electrons. The van der Waals surface area contributed by atoms with Crippen LogP contribution in [0.5, 0.6) is 0 Å². The number of rotatable bonds is 1. The van der Waals surface area contributed by atoms with Gasteiger partial charge >= 0.3 is 0 Å². The van der Waals surface area contributed by atoms with E-state index in [9.17, 15) is 4.79 Å². The van der Waals surface area contributed by atoms with Crippen LogP contribution in [0, 0.1) is 5.41 Å². The van der Waals surface area contributed by atoms with Gasteiger partial charge in [0.2, 0.25) is 5.91 Å². The van der Waals surface area contributed by atoms with Gasteiger partial charge in [0.1, 0.15) is 5.76 Å². The van der Waals surface area contributed by atoms with Crippen LogP contribution in [0.3, 0.4) is 0 Å². The molecule has 0 aliphatic rings. The summed E-state index contributed by atoms with van der Waals surface area (Å²) >= 11 is 0. The van der Waals surface area contributed by atoms with Gasteiger partial charge in [-0.2, -0.15) is 0 Å². The molecule has 0 aliphatic carbocycles. The average molecular weight is 143 g/mol. The topological polar surface area (TPSA) is 63.3 Å². The smallest absolute Gasteiger partial charge is 0.244 e. The summed E-state index contributed by atoms with van der Waals surface area (Å²) in [6, 6.07) is 0. The molecule has 0 bridgehead atoms. The van der Waals surface area contributed by atoms with Crippen LogP contribution in [-0.2, 0) is 4.79 Å². The number of aliphatic hydroxyl groups excluding tert-OH is 1. The lowest BCUT2D eigenvalue weighted by atomic mass is 9.94. The van der Waals surface area contributed by atoms with Crippen LogP contribution in [0.15, 0.2) is 11.8 Å². The predicted octanol–water partition coefficient (Wildman–Crippen LogP) is 0.960. The first-order chi connectivity index (χ1) is 4.34. The molecule has 0 saturated carbocycles. The Balaban J connectivity index is 4.35. The molecular weight excluding hydrogens is 130 g/mol. The standard InChI is InChI=1S/C7H13NO2/c1-7(2,3)5(9)4-6(8)10/h4,9H,1-3H3,(H2,8,10)/b5-4-. The van der Waals surface area contributed by atoms with Gasteiger partial charge < -0.3 is 10.8 Å². The van der Waals surface area contributed by atoms with Gasteiger partial charge in [-0.1, -0.05) is 20.8 Å². The van der Waals surface area contributed by atoms with E-state index in [1.807, 2.05) is 0 Å². The molecule has 10 heavy (non-hydrogen) atoms. The van der Waals surface area contributed by atoms with Gasteiger partial charge in [0.05, 0.1) is 0 Å². The Bertz CT molecular complexity index is 165. The number of carbonyl (C=O) groups is 1. The maximum absolute atomic E-state index is 10.2. The molecule has 0 unspecified atom stereocenters. The van der Waals surface area contributed by atoms with Gasteiger partial charge in [0, 0.05) is 11.5 Å². The molecule has 1 amide bonds. The van der Waals surface area contributed by atoms with Gasteiger partial charge in [-0.25, -0.2) is 0 Å². The second-order valence-corrected chi connectivity index (χ2v) is 3.18. The molecule has 0 atom stereocenters. The van der Waals surface area contributed by atoms with Gasteiger partial charge in [-0.3, -0.25) is 4.79 Å². The fourth-order valence-electron chi connectivity index (χ4n) is 0.351. The molecular formula is C7H13NO2. The molecule has 0 saturated heterocycles. The molecule has 0 aromatic heterocycles. The monoisotopic (exact) mass is 143 g/mol. The second kappa shape index (κ2) is 2.73. The summed E-state index contributed by atoms with van der Waals surface area (Å²) in [5, 5.41) is 9.12. The van der Waals surface area contributed by atoms with E-state index in [2.05, 4.69) is 0 Å². The number of hydrogen-bond acceptors (Lipinski definition) is 2. The van der Waals surface area contributed by atoms with E-state index in [0.29, 0.717) is 0 Å². The number of aliphatic hydroxyl groups is 1. The van der Waals surface area contributed by atoms with Crippen LogP contribution in [0.2, 0.25) is 0 Å².